The molecule has 5 heteroatoms. The standard InChI is InChI=1S/C14H15N3O2/c1-14(7-4-8-14)16-13-10-5-2-3-6-11(10)15-9-12(13)17(18)19/h2-3,5-6,9H,4,7-8H2,1H3,(H,15,16). The predicted octanol–water partition coefficient (Wildman–Crippen LogP) is 3.50. The van der Waals surface area contributed by atoms with Gasteiger partial charge in [-0.25, -0.2) is 4.98 Å². The van der Waals surface area contributed by atoms with Gasteiger partial charge in [0, 0.05) is 10.9 Å². The quantitative estimate of drug-likeness (QED) is 0.675. The molecule has 1 aromatic heterocycles. The highest BCUT2D eigenvalue weighted by molar-refractivity contribution is 5.96. The molecule has 1 saturated carbocycles. The number of benzene rings is 1. The molecule has 1 aliphatic rings. The highest BCUT2D eigenvalue weighted by Crippen LogP contribution is 2.40. The van der Waals surface area contributed by atoms with E-state index in [1.807, 2.05) is 24.3 Å². The van der Waals surface area contributed by atoms with Crippen LogP contribution in [0.15, 0.2) is 30.5 Å². The Morgan fingerprint density at radius 1 is 1.37 bits per heavy atom. The third kappa shape index (κ3) is 2.01. The van der Waals surface area contributed by atoms with Crippen LogP contribution >= 0.6 is 0 Å². The smallest absolute Gasteiger partial charge is 0.311 e. The van der Waals surface area contributed by atoms with Crippen molar-refractivity contribution in [1.82, 2.24) is 4.98 Å². The first-order valence-electron chi connectivity index (χ1n) is 6.39. The lowest BCUT2D eigenvalue weighted by atomic mass is 9.78. The summed E-state index contributed by atoms with van der Waals surface area (Å²) in [5.74, 6) is 0. The SMILES string of the molecule is CC1(Nc2c([N+](=O)[O-])cnc3ccccc23)CCC1. The van der Waals surface area contributed by atoms with E-state index in [1.54, 1.807) is 0 Å². The summed E-state index contributed by atoms with van der Waals surface area (Å²) in [7, 11) is 0. The Balaban J connectivity index is 2.16. The van der Waals surface area contributed by atoms with Crippen LogP contribution in [0.5, 0.6) is 0 Å². The van der Waals surface area contributed by atoms with Crippen molar-refractivity contribution in [3.05, 3.63) is 40.6 Å². The van der Waals surface area contributed by atoms with Crippen molar-refractivity contribution in [2.24, 2.45) is 0 Å². The van der Waals surface area contributed by atoms with Crippen LogP contribution in [0.4, 0.5) is 11.4 Å². The maximum Gasteiger partial charge on any atom is 0.311 e. The van der Waals surface area contributed by atoms with E-state index in [2.05, 4.69) is 17.2 Å². The zero-order valence-electron chi connectivity index (χ0n) is 10.7. The molecule has 0 atom stereocenters. The summed E-state index contributed by atoms with van der Waals surface area (Å²) in [4.78, 5) is 15.0. The van der Waals surface area contributed by atoms with Crippen LogP contribution in [0.2, 0.25) is 0 Å². The normalized spacial score (nSPS) is 16.9. The summed E-state index contributed by atoms with van der Waals surface area (Å²) >= 11 is 0. The van der Waals surface area contributed by atoms with Crippen LogP contribution in [0.25, 0.3) is 10.9 Å². The van der Waals surface area contributed by atoms with Gasteiger partial charge in [-0.2, -0.15) is 0 Å². The first kappa shape index (κ1) is 11.9. The Bertz CT molecular complexity index is 650. The number of para-hydroxylation sites is 1. The van der Waals surface area contributed by atoms with E-state index in [0.717, 1.165) is 23.7 Å². The minimum atomic E-state index is -0.371. The fourth-order valence-electron chi connectivity index (χ4n) is 2.53. The Morgan fingerprint density at radius 3 is 2.74 bits per heavy atom. The van der Waals surface area contributed by atoms with E-state index in [1.165, 1.54) is 12.6 Å². The molecule has 1 aliphatic carbocycles. The van der Waals surface area contributed by atoms with E-state index >= 15 is 0 Å². The minimum Gasteiger partial charge on any atom is -0.374 e. The third-order valence-corrected chi connectivity index (χ3v) is 3.84. The second kappa shape index (κ2) is 4.19. The summed E-state index contributed by atoms with van der Waals surface area (Å²) in [6, 6.07) is 7.51. The fourth-order valence-corrected chi connectivity index (χ4v) is 2.53. The van der Waals surface area contributed by atoms with Gasteiger partial charge in [-0.1, -0.05) is 18.2 Å². The van der Waals surface area contributed by atoms with Crippen molar-refractivity contribution in [3.8, 4) is 0 Å². The predicted molar refractivity (Wildman–Crippen MR) is 74.3 cm³/mol. The van der Waals surface area contributed by atoms with Gasteiger partial charge in [0.25, 0.3) is 0 Å². The van der Waals surface area contributed by atoms with E-state index in [-0.39, 0.29) is 16.1 Å². The number of pyridine rings is 1. The van der Waals surface area contributed by atoms with Gasteiger partial charge in [0.15, 0.2) is 0 Å². The van der Waals surface area contributed by atoms with Crippen LogP contribution in [0.3, 0.4) is 0 Å². The van der Waals surface area contributed by atoms with E-state index in [9.17, 15) is 10.1 Å². The monoisotopic (exact) mass is 257 g/mol. The lowest BCUT2D eigenvalue weighted by Gasteiger charge is -2.40. The number of rotatable bonds is 3. The number of hydrogen-bond acceptors (Lipinski definition) is 4. The van der Waals surface area contributed by atoms with Gasteiger partial charge in [0.2, 0.25) is 0 Å². The number of nitrogens with one attached hydrogen (secondary N) is 1. The van der Waals surface area contributed by atoms with Crippen LogP contribution in [-0.2, 0) is 0 Å². The molecule has 1 aromatic carbocycles. The number of fused-ring (bicyclic) bond motifs is 1. The average molecular weight is 257 g/mol. The van der Waals surface area contributed by atoms with Gasteiger partial charge in [-0.3, -0.25) is 10.1 Å². The van der Waals surface area contributed by atoms with E-state index < -0.39 is 0 Å². The van der Waals surface area contributed by atoms with Crippen molar-refractivity contribution in [2.45, 2.75) is 31.7 Å². The molecule has 0 radical (unpaired) electrons. The van der Waals surface area contributed by atoms with Crippen LogP contribution in [0.1, 0.15) is 26.2 Å². The number of aromatic nitrogens is 1. The van der Waals surface area contributed by atoms with Crippen molar-refractivity contribution in [3.63, 3.8) is 0 Å². The minimum absolute atomic E-state index is 0.0329. The molecule has 3 rings (SSSR count). The molecule has 0 aliphatic heterocycles. The summed E-state index contributed by atoms with van der Waals surface area (Å²) in [5, 5.41) is 15.4. The van der Waals surface area contributed by atoms with Gasteiger partial charge in [-0.15, -0.1) is 0 Å². The zero-order valence-corrected chi connectivity index (χ0v) is 10.7. The summed E-state index contributed by atoms with van der Waals surface area (Å²) in [6.07, 6.45) is 4.59. The molecule has 0 saturated heterocycles. The molecule has 0 spiro atoms. The van der Waals surface area contributed by atoms with Gasteiger partial charge in [0.05, 0.1) is 10.4 Å². The first-order chi connectivity index (χ1) is 9.09. The van der Waals surface area contributed by atoms with Crippen molar-refractivity contribution in [2.75, 3.05) is 5.32 Å². The number of nitro groups is 1. The average Bonchev–Trinajstić information content (AvgIpc) is 2.37. The molecule has 19 heavy (non-hydrogen) atoms. The third-order valence-electron chi connectivity index (χ3n) is 3.84. The van der Waals surface area contributed by atoms with Gasteiger partial charge in [-0.05, 0) is 32.3 Å². The molecule has 2 aromatic rings. The molecule has 0 unspecified atom stereocenters. The summed E-state index contributed by atoms with van der Waals surface area (Å²) in [6.45, 7) is 2.11. The lowest BCUT2D eigenvalue weighted by molar-refractivity contribution is -0.384. The summed E-state index contributed by atoms with van der Waals surface area (Å²) < 4.78 is 0. The molecule has 1 heterocycles. The fraction of sp³-hybridized carbons (Fsp3) is 0.357. The second-order valence-corrected chi connectivity index (χ2v) is 5.33. The Hall–Kier alpha value is -2.17. The van der Waals surface area contributed by atoms with E-state index in [0.29, 0.717) is 5.69 Å². The number of nitrogens with zero attached hydrogens (tertiary/aromatic N) is 2. The zero-order chi connectivity index (χ0) is 13.5. The maximum atomic E-state index is 11.2. The molecule has 5 nitrogen and oxygen atoms in total. The molecule has 0 bridgehead atoms. The second-order valence-electron chi connectivity index (χ2n) is 5.33. The van der Waals surface area contributed by atoms with Gasteiger partial charge < -0.3 is 5.32 Å². The molecular formula is C14H15N3O2. The first-order valence-corrected chi connectivity index (χ1v) is 6.39. The van der Waals surface area contributed by atoms with E-state index in [4.69, 9.17) is 0 Å². The number of hydrogen-bond donors (Lipinski definition) is 1. The molecular weight excluding hydrogens is 242 g/mol. The largest absolute Gasteiger partial charge is 0.374 e. The number of anilines is 1. The van der Waals surface area contributed by atoms with Crippen LogP contribution in [-0.4, -0.2) is 15.4 Å². The molecule has 1 N–H and O–H groups in total. The van der Waals surface area contributed by atoms with Crippen LogP contribution in [0, 0.1) is 10.1 Å². The highest BCUT2D eigenvalue weighted by Gasteiger charge is 2.34. The molecule has 0 amide bonds. The Kier molecular flexibility index (Phi) is 2.62. The summed E-state index contributed by atoms with van der Waals surface area (Å²) in [5.41, 5.74) is 1.39. The van der Waals surface area contributed by atoms with Crippen molar-refractivity contribution in [1.29, 1.82) is 0 Å². The Morgan fingerprint density at radius 2 is 2.11 bits per heavy atom. The van der Waals surface area contributed by atoms with Gasteiger partial charge in [0.1, 0.15) is 11.9 Å². The van der Waals surface area contributed by atoms with Crippen LogP contribution < -0.4 is 5.32 Å². The maximum absolute atomic E-state index is 11.2. The molecule has 1 fully saturated rings. The van der Waals surface area contributed by atoms with Gasteiger partial charge >= 0.3 is 5.69 Å². The lowest BCUT2D eigenvalue weighted by Crippen LogP contribution is -2.41. The van der Waals surface area contributed by atoms with Crippen molar-refractivity contribution >= 4 is 22.3 Å². The topological polar surface area (TPSA) is 68.1 Å². The highest BCUT2D eigenvalue weighted by atomic mass is 16.6. The Labute approximate surface area is 110 Å². The molecule has 98 valence electrons. The van der Waals surface area contributed by atoms with Crippen molar-refractivity contribution < 1.29 is 4.92 Å².